The van der Waals surface area contributed by atoms with Gasteiger partial charge in [0, 0.05) is 25.9 Å². The highest BCUT2D eigenvalue weighted by atomic mass is 127. The van der Waals surface area contributed by atoms with Crippen molar-refractivity contribution in [3.8, 4) is 0 Å². The quantitative estimate of drug-likeness (QED) is 0.313. The van der Waals surface area contributed by atoms with Gasteiger partial charge in [0.25, 0.3) is 0 Å². The third kappa shape index (κ3) is 10.00. The molecule has 0 spiro atoms. The molecule has 2 N–H and O–H groups in total. The number of nitrogens with zero attached hydrogens (tertiary/aromatic N) is 1. The van der Waals surface area contributed by atoms with Crippen molar-refractivity contribution in [2.45, 2.75) is 24.3 Å². The molecule has 0 bridgehead atoms. The number of aliphatic imine (C=N–C) groups is 1. The van der Waals surface area contributed by atoms with Crippen molar-refractivity contribution in [2.75, 3.05) is 31.4 Å². The average molecular weight is 503 g/mol. The first-order valence-electron chi connectivity index (χ1n) is 7.57. The Morgan fingerprint density at radius 1 is 1.12 bits per heavy atom. The van der Waals surface area contributed by atoms with E-state index in [0.29, 0.717) is 12.4 Å². The van der Waals surface area contributed by atoms with Crippen LogP contribution in [0.15, 0.2) is 40.2 Å². The maximum atomic E-state index is 12.2. The van der Waals surface area contributed by atoms with E-state index in [1.807, 2.05) is 6.92 Å². The zero-order valence-electron chi connectivity index (χ0n) is 14.6. The van der Waals surface area contributed by atoms with E-state index in [4.69, 9.17) is 0 Å². The molecule has 0 amide bonds. The van der Waals surface area contributed by atoms with Gasteiger partial charge in [0.1, 0.15) is 9.84 Å². The number of hydrogen-bond donors (Lipinski definition) is 2. The average Bonchev–Trinajstić information content (AvgIpc) is 2.52. The zero-order valence-corrected chi connectivity index (χ0v) is 18.6. The summed E-state index contributed by atoms with van der Waals surface area (Å²) in [7, 11) is -4.78. The lowest BCUT2D eigenvalue weighted by Gasteiger charge is -2.17. The predicted octanol–water partition coefficient (Wildman–Crippen LogP) is 1.07. The minimum absolute atomic E-state index is 0. The summed E-state index contributed by atoms with van der Waals surface area (Å²) in [6.07, 6.45) is 1.64. The van der Waals surface area contributed by atoms with E-state index < -0.39 is 19.7 Å². The molecule has 0 aliphatic heterocycles. The van der Waals surface area contributed by atoms with Crippen LogP contribution >= 0.6 is 24.0 Å². The van der Waals surface area contributed by atoms with Gasteiger partial charge in [0.2, 0.25) is 0 Å². The number of sulfone groups is 2. The topological polar surface area (TPSA) is 105 Å². The number of guanidine groups is 1. The highest BCUT2D eigenvalue weighted by molar-refractivity contribution is 14.0. The molecule has 0 fully saturated rings. The fourth-order valence-corrected chi connectivity index (χ4v) is 3.90. The number of rotatable bonds is 8. The number of benzene rings is 1. The molecule has 1 aromatic carbocycles. The van der Waals surface area contributed by atoms with Crippen LogP contribution in [0.2, 0.25) is 0 Å². The molecule has 0 aliphatic rings. The Hall–Kier alpha value is -0.880. The van der Waals surface area contributed by atoms with Crippen LogP contribution in [0.3, 0.4) is 0 Å². The Morgan fingerprint density at radius 2 is 1.72 bits per heavy atom. The number of halogens is 1. The summed E-state index contributed by atoms with van der Waals surface area (Å²) < 4.78 is 46.7. The van der Waals surface area contributed by atoms with E-state index in [9.17, 15) is 16.8 Å². The summed E-state index contributed by atoms with van der Waals surface area (Å²) in [6, 6.07) is 8.16. The summed E-state index contributed by atoms with van der Waals surface area (Å²) in [5.41, 5.74) is 0. The number of hydrogen-bond acceptors (Lipinski definition) is 5. The monoisotopic (exact) mass is 503 g/mol. The molecule has 1 rings (SSSR count). The van der Waals surface area contributed by atoms with Gasteiger partial charge in [0.15, 0.2) is 15.8 Å². The Bertz CT molecular complexity index is 750. The van der Waals surface area contributed by atoms with E-state index in [0.717, 1.165) is 0 Å². The van der Waals surface area contributed by atoms with E-state index in [2.05, 4.69) is 15.6 Å². The van der Waals surface area contributed by atoms with E-state index >= 15 is 0 Å². The van der Waals surface area contributed by atoms with Crippen molar-refractivity contribution in [3.63, 3.8) is 0 Å². The highest BCUT2D eigenvalue weighted by Gasteiger charge is 2.14. The van der Waals surface area contributed by atoms with E-state index in [1.54, 1.807) is 37.4 Å². The fourth-order valence-electron chi connectivity index (χ4n) is 1.94. The number of nitrogens with one attached hydrogen (secondary N) is 2. The standard InChI is InChI=1S/C15H25N3O4S2.HI/c1-13(9-11-23(3,19)20)18-15(16-2)17-10-12-24(21,22)14-7-5-4-6-8-14;/h4-8,13H,9-12H2,1-3H3,(H2,16,17,18);1H. The van der Waals surface area contributed by atoms with Gasteiger partial charge in [-0.15, -0.1) is 24.0 Å². The minimum Gasteiger partial charge on any atom is -0.355 e. The van der Waals surface area contributed by atoms with E-state index in [1.165, 1.54) is 6.26 Å². The Balaban J connectivity index is 0.00000576. The van der Waals surface area contributed by atoms with Crippen molar-refractivity contribution in [3.05, 3.63) is 30.3 Å². The summed E-state index contributed by atoms with van der Waals surface area (Å²) in [6.45, 7) is 2.05. The fraction of sp³-hybridized carbons (Fsp3) is 0.533. The second-order valence-corrected chi connectivity index (χ2v) is 9.96. The van der Waals surface area contributed by atoms with Crippen LogP contribution in [0, 0.1) is 0 Å². The van der Waals surface area contributed by atoms with Crippen LogP contribution < -0.4 is 10.6 Å². The molecule has 10 heteroatoms. The van der Waals surface area contributed by atoms with Crippen molar-refractivity contribution in [2.24, 2.45) is 4.99 Å². The summed E-state index contributed by atoms with van der Waals surface area (Å²) in [5.74, 6) is 0.468. The Labute approximate surface area is 167 Å². The van der Waals surface area contributed by atoms with Crippen molar-refractivity contribution < 1.29 is 16.8 Å². The molecule has 0 aromatic heterocycles. The third-order valence-electron chi connectivity index (χ3n) is 3.29. The SMILES string of the molecule is CN=C(NCCS(=O)(=O)c1ccccc1)NC(C)CCS(C)(=O)=O.I. The van der Waals surface area contributed by atoms with Gasteiger partial charge < -0.3 is 10.6 Å². The Kier molecular flexibility index (Phi) is 10.6. The van der Waals surface area contributed by atoms with Gasteiger partial charge in [-0.2, -0.15) is 0 Å². The van der Waals surface area contributed by atoms with Gasteiger partial charge in [-0.25, -0.2) is 16.8 Å². The van der Waals surface area contributed by atoms with Gasteiger partial charge in [-0.3, -0.25) is 4.99 Å². The second kappa shape index (κ2) is 11.0. The normalized spacial score (nSPS) is 13.6. The third-order valence-corrected chi connectivity index (χ3v) is 6.00. The maximum absolute atomic E-state index is 12.2. The lowest BCUT2D eigenvalue weighted by molar-refractivity contribution is 0.580. The van der Waals surface area contributed by atoms with Crippen molar-refractivity contribution in [1.82, 2.24) is 10.6 Å². The van der Waals surface area contributed by atoms with Crippen molar-refractivity contribution >= 4 is 49.6 Å². The molecule has 25 heavy (non-hydrogen) atoms. The summed E-state index contributed by atoms with van der Waals surface area (Å²) >= 11 is 0. The molecule has 0 aliphatic carbocycles. The molecule has 1 atom stereocenters. The largest absolute Gasteiger partial charge is 0.355 e. The van der Waals surface area contributed by atoms with Crippen LogP contribution in [-0.4, -0.2) is 60.2 Å². The van der Waals surface area contributed by atoms with Crippen molar-refractivity contribution in [1.29, 1.82) is 0 Å². The first kappa shape index (κ1) is 24.1. The van der Waals surface area contributed by atoms with E-state index in [-0.39, 0.29) is 53.0 Å². The zero-order chi connectivity index (χ0) is 18.2. The molecule has 0 heterocycles. The predicted molar refractivity (Wildman–Crippen MR) is 112 cm³/mol. The molecular weight excluding hydrogens is 477 g/mol. The molecule has 0 radical (unpaired) electrons. The lowest BCUT2D eigenvalue weighted by atomic mass is 10.3. The van der Waals surface area contributed by atoms with Gasteiger partial charge in [-0.1, -0.05) is 18.2 Å². The molecule has 7 nitrogen and oxygen atoms in total. The van der Waals surface area contributed by atoms with Crippen LogP contribution in [0.4, 0.5) is 0 Å². The summed E-state index contributed by atoms with van der Waals surface area (Å²) in [4.78, 5) is 4.30. The van der Waals surface area contributed by atoms with Crippen LogP contribution in [0.1, 0.15) is 13.3 Å². The van der Waals surface area contributed by atoms with Crippen LogP contribution in [0.25, 0.3) is 0 Å². The van der Waals surface area contributed by atoms with Gasteiger partial charge in [-0.05, 0) is 25.5 Å². The second-order valence-electron chi connectivity index (χ2n) is 5.59. The van der Waals surface area contributed by atoms with Gasteiger partial charge in [0.05, 0.1) is 16.4 Å². The van der Waals surface area contributed by atoms with Crippen LogP contribution in [-0.2, 0) is 19.7 Å². The molecular formula is C15H26IN3O4S2. The molecule has 1 aromatic rings. The minimum atomic E-state index is -3.35. The van der Waals surface area contributed by atoms with Crippen LogP contribution in [0.5, 0.6) is 0 Å². The Morgan fingerprint density at radius 3 is 2.24 bits per heavy atom. The molecule has 0 saturated carbocycles. The molecule has 144 valence electrons. The summed E-state index contributed by atoms with van der Waals surface area (Å²) in [5, 5.41) is 5.98. The molecule has 0 saturated heterocycles. The lowest BCUT2D eigenvalue weighted by Crippen LogP contribution is -2.44. The first-order valence-corrected chi connectivity index (χ1v) is 11.3. The smallest absolute Gasteiger partial charge is 0.191 e. The molecule has 1 unspecified atom stereocenters. The van der Waals surface area contributed by atoms with Gasteiger partial charge >= 0.3 is 0 Å². The first-order chi connectivity index (χ1) is 11.1. The maximum Gasteiger partial charge on any atom is 0.191 e. The highest BCUT2D eigenvalue weighted by Crippen LogP contribution is 2.09.